The van der Waals surface area contributed by atoms with Crippen molar-refractivity contribution in [2.45, 2.75) is 46.1 Å². The van der Waals surface area contributed by atoms with Crippen LogP contribution in [0.4, 0.5) is 0 Å². The largest absolute Gasteiger partial charge is 0.449 e. The topological polar surface area (TPSA) is 116 Å². The normalized spacial score (nSPS) is 11.7. The smallest absolute Gasteiger partial charge is 0.307 e. The molecule has 182 valence electrons. The number of carbonyl (C=O) groups is 2. The number of hydrogen-bond acceptors (Lipinski definition) is 5. The molecule has 2 N–H and O–H groups in total. The molecule has 4 aromatic rings. The first-order chi connectivity index (χ1) is 17.3. The van der Waals surface area contributed by atoms with Crippen LogP contribution in [-0.2, 0) is 22.4 Å². The van der Waals surface area contributed by atoms with Crippen LogP contribution < -0.4 is 5.56 Å². The fraction of sp³-hybridized carbons (Fsp3) is 0.241. The average molecular weight is 482 g/mol. The Morgan fingerprint density at radius 1 is 1.08 bits per heavy atom. The molecule has 0 bridgehead atoms. The molecule has 0 radical (unpaired) electrons. The second-order valence-corrected chi connectivity index (χ2v) is 8.71. The molecule has 0 fully saturated rings. The van der Waals surface area contributed by atoms with E-state index in [1.807, 2.05) is 30.3 Å². The molecule has 1 atom stereocenters. The molecule has 4 rings (SSSR count). The standard InChI is InChI=1S/C29H27N3O4/c1-4-19-11-8-12-22-24(16-31-26(19)22)27(34)28(20-9-6-5-7-10-20)36-25(33)14-13-21-17(2)23(15-30)29(35)32-18(21)3/h5-12,16,28,31H,4,13-14H2,1-3H3,(H,32,35)/t28-/m1/s1. The highest BCUT2D eigenvalue weighted by atomic mass is 16.5. The maximum Gasteiger partial charge on any atom is 0.307 e. The number of H-pyrrole nitrogens is 2. The predicted molar refractivity (Wildman–Crippen MR) is 137 cm³/mol. The second kappa shape index (κ2) is 10.4. The number of rotatable bonds is 8. The number of pyridine rings is 1. The van der Waals surface area contributed by atoms with Crippen molar-refractivity contribution >= 4 is 22.7 Å². The maximum absolute atomic E-state index is 13.7. The van der Waals surface area contributed by atoms with Crippen LogP contribution in [0.25, 0.3) is 10.9 Å². The third-order valence-corrected chi connectivity index (χ3v) is 6.54. The van der Waals surface area contributed by atoms with Gasteiger partial charge in [0.15, 0.2) is 6.10 Å². The summed E-state index contributed by atoms with van der Waals surface area (Å²) in [5.41, 5.74) is 4.51. The predicted octanol–water partition coefficient (Wildman–Crippen LogP) is 5.01. The van der Waals surface area contributed by atoms with E-state index >= 15 is 0 Å². The number of aromatic amines is 2. The van der Waals surface area contributed by atoms with Crippen molar-refractivity contribution in [2.24, 2.45) is 0 Å². The molecular formula is C29H27N3O4. The van der Waals surface area contributed by atoms with Gasteiger partial charge in [0.25, 0.3) is 5.56 Å². The highest BCUT2D eigenvalue weighted by Gasteiger charge is 2.28. The first kappa shape index (κ1) is 24.7. The van der Waals surface area contributed by atoms with Gasteiger partial charge in [0, 0.05) is 40.3 Å². The van der Waals surface area contributed by atoms with Gasteiger partial charge < -0.3 is 14.7 Å². The molecule has 0 saturated carbocycles. The summed E-state index contributed by atoms with van der Waals surface area (Å²) >= 11 is 0. The highest BCUT2D eigenvalue weighted by Crippen LogP contribution is 2.29. The summed E-state index contributed by atoms with van der Waals surface area (Å²) in [4.78, 5) is 44.5. The van der Waals surface area contributed by atoms with E-state index in [-0.39, 0.29) is 24.2 Å². The second-order valence-electron chi connectivity index (χ2n) is 8.71. The van der Waals surface area contributed by atoms with E-state index in [9.17, 15) is 19.6 Å². The Kier molecular flexibility index (Phi) is 7.16. The van der Waals surface area contributed by atoms with Gasteiger partial charge in [0.05, 0.1) is 0 Å². The molecule has 0 amide bonds. The van der Waals surface area contributed by atoms with Crippen LogP contribution in [0.5, 0.6) is 0 Å². The van der Waals surface area contributed by atoms with Gasteiger partial charge in [-0.2, -0.15) is 5.26 Å². The Morgan fingerprint density at radius 2 is 1.83 bits per heavy atom. The van der Waals surface area contributed by atoms with E-state index < -0.39 is 17.6 Å². The van der Waals surface area contributed by atoms with Crippen molar-refractivity contribution in [1.82, 2.24) is 9.97 Å². The van der Waals surface area contributed by atoms with Gasteiger partial charge in [-0.25, -0.2) is 0 Å². The fourth-order valence-electron chi connectivity index (χ4n) is 4.60. The van der Waals surface area contributed by atoms with E-state index in [1.54, 1.807) is 44.3 Å². The van der Waals surface area contributed by atoms with E-state index in [0.717, 1.165) is 28.5 Å². The van der Waals surface area contributed by atoms with Crippen LogP contribution in [0.1, 0.15) is 63.3 Å². The van der Waals surface area contributed by atoms with Crippen LogP contribution in [0.2, 0.25) is 0 Å². The molecule has 2 aromatic heterocycles. The number of fused-ring (bicyclic) bond motifs is 1. The minimum absolute atomic E-state index is 0.0108. The molecule has 7 heteroatoms. The third kappa shape index (κ3) is 4.71. The number of ether oxygens (including phenoxy) is 1. The van der Waals surface area contributed by atoms with Crippen molar-refractivity contribution in [3.8, 4) is 6.07 Å². The van der Waals surface area contributed by atoms with Crippen molar-refractivity contribution in [3.63, 3.8) is 0 Å². The number of nitrogens with zero attached hydrogens (tertiary/aromatic N) is 1. The lowest BCUT2D eigenvalue weighted by Crippen LogP contribution is -2.21. The molecule has 7 nitrogen and oxygen atoms in total. The summed E-state index contributed by atoms with van der Waals surface area (Å²) in [6.45, 7) is 5.48. The zero-order valence-corrected chi connectivity index (χ0v) is 20.5. The van der Waals surface area contributed by atoms with Crippen LogP contribution in [0.15, 0.2) is 59.5 Å². The van der Waals surface area contributed by atoms with Crippen LogP contribution in [0, 0.1) is 25.2 Å². The quantitative estimate of drug-likeness (QED) is 0.271. The number of ketones is 1. The summed E-state index contributed by atoms with van der Waals surface area (Å²) < 4.78 is 5.77. The average Bonchev–Trinajstić information content (AvgIpc) is 3.31. The first-order valence-corrected chi connectivity index (χ1v) is 11.9. The van der Waals surface area contributed by atoms with Gasteiger partial charge in [-0.1, -0.05) is 55.5 Å². The number of para-hydroxylation sites is 1. The monoisotopic (exact) mass is 481 g/mol. The van der Waals surface area contributed by atoms with Crippen LogP contribution in [0.3, 0.4) is 0 Å². The van der Waals surface area contributed by atoms with Gasteiger partial charge in [-0.3, -0.25) is 14.4 Å². The SMILES string of the molecule is CCc1cccc2c(C(=O)[C@H](OC(=O)CCc3c(C)[nH]c(=O)c(C#N)c3C)c3ccccc3)c[nH]c12. The number of aryl methyl sites for hydroxylation is 2. The number of Topliss-reactive ketones (excluding diaryl/α,β-unsaturated/α-hetero) is 1. The molecular weight excluding hydrogens is 454 g/mol. The van der Waals surface area contributed by atoms with E-state index in [2.05, 4.69) is 16.9 Å². The van der Waals surface area contributed by atoms with E-state index in [4.69, 9.17) is 4.74 Å². The summed E-state index contributed by atoms with van der Waals surface area (Å²) in [6, 6.07) is 16.7. The van der Waals surface area contributed by atoms with Crippen molar-refractivity contribution in [3.05, 3.63) is 104 Å². The number of nitrogens with one attached hydrogen (secondary N) is 2. The maximum atomic E-state index is 13.7. The zero-order valence-electron chi connectivity index (χ0n) is 20.5. The number of carbonyl (C=O) groups excluding carboxylic acids is 2. The van der Waals surface area contributed by atoms with Gasteiger partial charge in [0.2, 0.25) is 5.78 Å². The van der Waals surface area contributed by atoms with Crippen molar-refractivity contribution in [2.75, 3.05) is 0 Å². The lowest BCUT2D eigenvalue weighted by Gasteiger charge is -2.18. The minimum Gasteiger partial charge on any atom is -0.449 e. The van der Waals surface area contributed by atoms with Gasteiger partial charge in [-0.05, 0) is 43.4 Å². The fourth-order valence-corrected chi connectivity index (χ4v) is 4.60. The molecule has 0 aliphatic rings. The number of benzene rings is 2. The Balaban J connectivity index is 1.61. The van der Waals surface area contributed by atoms with Crippen LogP contribution in [-0.4, -0.2) is 21.7 Å². The molecule has 2 heterocycles. The van der Waals surface area contributed by atoms with Gasteiger partial charge >= 0.3 is 5.97 Å². The highest BCUT2D eigenvalue weighted by molar-refractivity contribution is 6.11. The van der Waals surface area contributed by atoms with E-state index in [0.29, 0.717) is 22.4 Å². The lowest BCUT2D eigenvalue weighted by molar-refractivity contribution is -0.147. The molecule has 36 heavy (non-hydrogen) atoms. The Hall–Kier alpha value is -4.44. The van der Waals surface area contributed by atoms with Crippen LogP contribution >= 0.6 is 0 Å². The van der Waals surface area contributed by atoms with E-state index in [1.165, 1.54) is 0 Å². The summed E-state index contributed by atoms with van der Waals surface area (Å²) in [5, 5.41) is 10.1. The minimum atomic E-state index is -1.10. The Morgan fingerprint density at radius 3 is 2.53 bits per heavy atom. The molecule has 0 saturated heterocycles. The third-order valence-electron chi connectivity index (χ3n) is 6.54. The molecule has 0 unspecified atom stereocenters. The summed E-state index contributed by atoms with van der Waals surface area (Å²) in [5.74, 6) is -0.855. The number of esters is 1. The molecule has 2 aromatic carbocycles. The van der Waals surface area contributed by atoms with Crippen molar-refractivity contribution < 1.29 is 14.3 Å². The van der Waals surface area contributed by atoms with Gasteiger partial charge in [-0.15, -0.1) is 0 Å². The lowest BCUT2D eigenvalue weighted by atomic mass is 9.97. The number of aromatic nitrogens is 2. The zero-order chi connectivity index (χ0) is 25.8. The number of nitriles is 1. The summed E-state index contributed by atoms with van der Waals surface area (Å²) in [7, 11) is 0. The Labute approximate surface area is 208 Å². The molecule has 0 spiro atoms. The molecule has 0 aliphatic heterocycles. The first-order valence-electron chi connectivity index (χ1n) is 11.9. The summed E-state index contributed by atoms with van der Waals surface area (Å²) in [6.07, 6.45) is 1.65. The van der Waals surface area contributed by atoms with Gasteiger partial charge in [0.1, 0.15) is 11.6 Å². The molecule has 0 aliphatic carbocycles. The van der Waals surface area contributed by atoms with Crippen molar-refractivity contribution in [1.29, 1.82) is 5.26 Å². The Bertz CT molecular complexity index is 1540. The number of hydrogen-bond donors (Lipinski definition) is 2.